The minimum Gasteiger partial charge on any atom is -0.306 e. The Morgan fingerprint density at radius 2 is 0.462 bits per heavy atom. The van der Waals surface area contributed by atoms with E-state index < -0.39 is 0 Å². The molecule has 0 saturated carbocycles. The Labute approximate surface area is 529 Å². The third kappa shape index (κ3) is 7.96. The maximum atomic E-state index is 10.8. The molecule has 0 saturated heterocycles. The van der Waals surface area contributed by atoms with Crippen molar-refractivity contribution in [2.45, 2.75) is 78.6 Å². The third-order valence-electron chi connectivity index (χ3n) is 19.6. The van der Waals surface area contributed by atoms with E-state index in [4.69, 9.17) is 0 Å². The number of nitriles is 1. The number of benzene rings is 12. The summed E-state index contributed by atoms with van der Waals surface area (Å²) in [5.74, 6) is 0. The van der Waals surface area contributed by atoms with E-state index in [1.807, 2.05) is 12.1 Å². The molecule has 0 radical (unpaired) electrons. The van der Waals surface area contributed by atoms with E-state index in [9.17, 15) is 5.26 Å². The van der Waals surface area contributed by atoms with Gasteiger partial charge in [-0.3, -0.25) is 0 Å². The second kappa shape index (κ2) is 19.6. The van der Waals surface area contributed by atoms with Crippen molar-refractivity contribution in [1.29, 1.82) is 5.26 Å². The highest BCUT2D eigenvalue weighted by Gasteiger charge is 2.37. The van der Waals surface area contributed by atoms with E-state index in [2.05, 4.69) is 328 Å². The molecule has 0 unspecified atom stereocenters. The molecule has 0 amide bonds. The lowest BCUT2D eigenvalue weighted by Crippen LogP contribution is -2.18. The molecule has 0 bridgehead atoms. The highest BCUT2D eigenvalue weighted by atomic mass is 15.2. The van der Waals surface area contributed by atoms with Gasteiger partial charge in [0.1, 0.15) is 0 Å². The first-order chi connectivity index (χ1) is 44.1. The zero-order chi connectivity index (χ0) is 62.0. The summed E-state index contributed by atoms with van der Waals surface area (Å²) in [4.78, 5) is 0. The molecule has 0 atom stereocenters. The standard InChI is InChI=1S/C85H68N6/c1-83(2,3)54-42-45-74-64(48-54)61-28-14-21-35-71(61)87(74)78-77(53-40-38-52(51-86)39-41-53)79(88-72-36-22-15-29-62(72)65-49-55(84(4,5)6)43-46-75(65)88)81(90-69-33-19-12-26-59(69)60-27-13-20-34-70(60)90)82(80(78)89-67-31-17-10-24-57(67)58-25-11-18-32-68(58)89)91-73-37-23-16-30-63(73)66-50-56(85(7,8)9)44-47-76(66)91/h10-50H,1-9H3. The summed E-state index contributed by atoms with van der Waals surface area (Å²) in [6.45, 7) is 20.8. The lowest BCUT2D eigenvalue weighted by atomic mass is 9.86. The van der Waals surface area contributed by atoms with Gasteiger partial charge in [-0.05, 0) is 129 Å². The fraction of sp³-hybridized carbons (Fsp3) is 0.141. The molecular weight excluding hydrogens is 1100 g/mol. The summed E-state index contributed by atoms with van der Waals surface area (Å²) in [6.07, 6.45) is 0. The van der Waals surface area contributed by atoms with Gasteiger partial charge < -0.3 is 22.8 Å². The zero-order valence-corrected chi connectivity index (χ0v) is 52.9. The fourth-order valence-electron chi connectivity index (χ4n) is 15.1. The van der Waals surface area contributed by atoms with E-state index >= 15 is 0 Å². The smallest absolute Gasteiger partial charge is 0.0991 e. The van der Waals surface area contributed by atoms with Gasteiger partial charge in [0.25, 0.3) is 0 Å². The minimum absolute atomic E-state index is 0.129. The molecule has 0 aliphatic heterocycles. The molecular formula is C85H68N6. The van der Waals surface area contributed by atoms with Gasteiger partial charge in [0, 0.05) is 59.4 Å². The van der Waals surface area contributed by atoms with E-state index in [0.717, 1.165) is 127 Å². The predicted molar refractivity (Wildman–Crippen MR) is 384 cm³/mol. The Hall–Kier alpha value is -10.9. The van der Waals surface area contributed by atoms with Gasteiger partial charge in [-0.15, -0.1) is 0 Å². The van der Waals surface area contributed by atoms with Crippen molar-refractivity contribution in [3.8, 4) is 45.6 Å². The van der Waals surface area contributed by atoms with Gasteiger partial charge in [-0.1, -0.05) is 220 Å². The molecule has 17 rings (SSSR count). The quantitative estimate of drug-likeness (QED) is 0.164. The van der Waals surface area contributed by atoms with Crippen molar-refractivity contribution in [1.82, 2.24) is 22.8 Å². The van der Waals surface area contributed by atoms with Crippen LogP contribution in [0, 0.1) is 11.3 Å². The molecule has 0 N–H and O–H groups in total. The van der Waals surface area contributed by atoms with Crippen LogP contribution in [0.25, 0.3) is 149 Å². The first kappa shape index (κ1) is 54.3. The SMILES string of the molecule is CC(C)(C)c1ccc2c(c1)c1ccccc1n2-c1c(-c2ccc(C#N)cc2)c(-n2c3ccccc3c3cc(C(C)(C)C)ccc32)c(-n2c3ccccc3c3ccccc32)c(-n2c3ccccc3c3cc(C(C)(C)C)ccc32)c1-n1c2ccccc2c2ccccc21. The summed E-state index contributed by atoms with van der Waals surface area (Å²) >= 11 is 0. The molecule has 0 aliphatic carbocycles. The Morgan fingerprint density at radius 3 is 0.714 bits per heavy atom. The van der Waals surface area contributed by atoms with Gasteiger partial charge in [0.05, 0.1) is 95.2 Å². The van der Waals surface area contributed by atoms with Gasteiger partial charge in [0.2, 0.25) is 0 Å². The molecule has 5 heterocycles. The molecule has 5 aromatic heterocycles. The van der Waals surface area contributed by atoms with Crippen LogP contribution in [0.4, 0.5) is 0 Å². The summed E-state index contributed by atoms with van der Waals surface area (Å²) < 4.78 is 13.1. The lowest BCUT2D eigenvalue weighted by molar-refractivity contribution is 0.591. The van der Waals surface area contributed by atoms with Gasteiger partial charge in [-0.2, -0.15) is 5.26 Å². The van der Waals surface area contributed by atoms with Crippen molar-refractivity contribution in [3.05, 3.63) is 271 Å². The van der Waals surface area contributed by atoms with Crippen molar-refractivity contribution in [2.24, 2.45) is 0 Å². The minimum atomic E-state index is -0.129. The first-order valence-electron chi connectivity index (χ1n) is 31.9. The van der Waals surface area contributed by atoms with Crippen molar-refractivity contribution >= 4 is 109 Å². The monoisotopic (exact) mass is 1170 g/mol. The largest absolute Gasteiger partial charge is 0.306 e. The van der Waals surface area contributed by atoms with Gasteiger partial charge in [-0.25, -0.2) is 0 Å². The Bertz CT molecular complexity index is 5580. The van der Waals surface area contributed by atoms with Crippen LogP contribution in [-0.4, -0.2) is 22.8 Å². The maximum Gasteiger partial charge on any atom is 0.0991 e. The fourth-order valence-corrected chi connectivity index (χ4v) is 15.1. The maximum absolute atomic E-state index is 10.8. The van der Waals surface area contributed by atoms with Gasteiger partial charge >= 0.3 is 0 Å². The molecule has 6 nitrogen and oxygen atoms in total. The molecule has 0 aliphatic rings. The number of nitrogens with zero attached hydrogens (tertiary/aromatic N) is 6. The zero-order valence-electron chi connectivity index (χ0n) is 52.9. The average molecular weight is 1170 g/mol. The van der Waals surface area contributed by atoms with Crippen LogP contribution in [0.1, 0.15) is 84.6 Å². The molecule has 6 heteroatoms. The number of hydrogen-bond acceptors (Lipinski definition) is 1. The van der Waals surface area contributed by atoms with E-state index in [0.29, 0.717) is 5.56 Å². The number of fused-ring (bicyclic) bond motifs is 15. The van der Waals surface area contributed by atoms with Crippen LogP contribution in [-0.2, 0) is 16.2 Å². The highest BCUT2D eigenvalue weighted by Crippen LogP contribution is 2.55. The molecule has 12 aromatic carbocycles. The Kier molecular flexibility index (Phi) is 11.7. The molecule has 91 heavy (non-hydrogen) atoms. The van der Waals surface area contributed by atoms with E-state index in [1.54, 1.807) is 0 Å². The van der Waals surface area contributed by atoms with E-state index in [-0.39, 0.29) is 16.2 Å². The second-order valence-electron chi connectivity index (χ2n) is 28.1. The van der Waals surface area contributed by atoms with Crippen LogP contribution in [0.2, 0.25) is 0 Å². The number of aromatic nitrogens is 5. The van der Waals surface area contributed by atoms with Crippen molar-refractivity contribution in [3.63, 3.8) is 0 Å². The van der Waals surface area contributed by atoms with Crippen LogP contribution in [0.15, 0.2) is 249 Å². The summed E-state index contributed by atoms with van der Waals surface area (Å²) in [5, 5.41) is 22.4. The Balaban J connectivity index is 1.28. The molecule has 0 spiro atoms. The van der Waals surface area contributed by atoms with Gasteiger partial charge in [0.15, 0.2) is 0 Å². The first-order valence-corrected chi connectivity index (χ1v) is 31.9. The molecule has 17 aromatic rings. The number of hydrogen-bond donors (Lipinski definition) is 0. The highest BCUT2D eigenvalue weighted by molar-refractivity contribution is 6.19. The van der Waals surface area contributed by atoms with E-state index in [1.165, 1.54) is 38.2 Å². The summed E-state index contributed by atoms with van der Waals surface area (Å²) in [5.41, 5.74) is 21.8. The average Bonchev–Trinajstić information content (AvgIpc) is 1.59. The molecule has 0 fully saturated rings. The summed E-state index contributed by atoms with van der Waals surface area (Å²) in [7, 11) is 0. The topological polar surface area (TPSA) is 48.4 Å². The van der Waals surface area contributed by atoms with Crippen LogP contribution < -0.4 is 0 Å². The third-order valence-corrected chi connectivity index (χ3v) is 19.6. The Morgan fingerprint density at radius 1 is 0.242 bits per heavy atom. The van der Waals surface area contributed by atoms with Crippen molar-refractivity contribution < 1.29 is 0 Å². The van der Waals surface area contributed by atoms with Crippen LogP contribution in [0.5, 0.6) is 0 Å². The second-order valence-corrected chi connectivity index (χ2v) is 28.1. The number of para-hydroxylation sites is 7. The molecule has 438 valence electrons. The lowest BCUT2D eigenvalue weighted by Gasteiger charge is -2.32. The number of rotatable bonds is 6. The van der Waals surface area contributed by atoms with Crippen molar-refractivity contribution in [2.75, 3.05) is 0 Å². The predicted octanol–water partition coefficient (Wildman–Crippen LogP) is 22.6. The van der Waals surface area contributed by atoms with Crippen LogP contribution in [0.3, 0.4) is 0 Å². The summed E-state index contributed by atoms with van der Waals surface area (Å²) in [6, 6.07) is 95.7. The van der Waals surface area contributed by atoms with Crippen LogP contribution >= 0.6 is 0 Å². The normalized spacial score (nSPS) is 12.7.